The molecule has 3 aromatic rings. The Hall–Kier alpha value is -3.25. The highest BCUT2D eigenvalue weighted by Crippen LogP contribution is 2.42. The number of rotatable bonds is 3. The molecule has 0 saturated heterocycles. The Kier molecular flexibility index (Phi) is 5.62. The van der Waals surface area contributed by atoms with Crippen molar-refractivity contribution in [2.75, 3.05) is 7.11 Å². The fourth-order valence-corrected chi connectivity index (χ4v) is 5.90. The lowest BCUT2D eigenvalue weighted by Gasteiger charge is -2.39. The van der Waals surface area contributed by atoms with Gasteiger partial charge in [-0.05, 0) is 36.0 Å². The molecule has 0 amide bonds. The third kappa shape index (κ3) is 3.75. The van der Waals surface area contributed by atoms with Gasteiger partial charge in [-0.1, -0.05) is 78.1 Å². The van der Waals surface area contributed by atoms with Crippen molar-refractivity contribution in [3.05, 3.63) is 97.1 Å². The fourth-order valence-electron chi connectivity index (χ4n) is 4.90. The van der Waals surface area contributed by atoms with E-state index in [1.807, 2.05) is 36.4 Å². The number of nitrogens with zero attached hydrogens (tertiary/aromatic N) is 2. The number of hydrogen-bond donors (Lipinski definition) is 0. The van der Waals surface area contributed by atoms with E-state index in [4.69, 9.17) is 9.73 Å². The Bertz CT molecular complexity index is 1340. The minimum absolute atomic E-state index is 0.0122. The number of benzene rings is 2. The minimum atomic E-state index is -0.528. The van der Waals surface area contributed by atoms with Crippen LogP contribution in [-0.4, -0.2) is 23.7 Å². The Balaban J connectivity index is 1.72. The molecule has 0 radical (unpaired) electrons. The first kappa shape index (κ1) is 20.6. The lowest BCUT2D eigenvalue weighted by molar-refractivity contribution is -0.133. The Morgan fingerprint density at radius 1 is 1.12 bits per heavy atom. The van der Waals surface area contributed by atoms with E-state index in [1.54, 1.807) is 4.57 Å². The van der Waals surface area contributed by atoms with Crippen LogP contribution < -0.4 is 14.9 Å². The summed E-state index contributed by atoms with van der Waals surface area (Å²) >= 11 is 1.27. The molecule has 2 aromatic carbocycles. The smallest absolute Gasteiger partial charge is 0.332 e. The summed E-state index contributed by atoms with van der Waals surface area (Å²) < 4.78 is 6.91. The lowest BCUT2D eigenvalue weighted by Crippen LogP contribution is -2.47. The largest absolute Gasteiger partial charge is 0.466 e. The van der Waals surface area contributed by atoms with E-state index in [2.05, 4.69) is 30.3 Å². The Labute approximate surface area is 190 Å². The molecule has 6 heteroatoms. The van der Waals surface area contributed by atoms with Crippen LogP contribution in [0.1, 0.15) is 36.4 Å². The number of methoxy groups -OCH3 is 1. The topological polar surface area (TPSA) is 60.7 Å². The molecule has 1 fully saturated rings. The number of fused-ring (bicyclic) bond motifs is 2. The van der Waals surface area contributed by atoms with Gasteiger partial charge in [-0.2, -0.15) is 0 Å². The summed E-state index contributed by atoms with van der Waals surface area (Å²) in [6, 6.07) is 20.4. The summed E-state index contributed by atoms with van der Waals surface area (Å²) in [6.45, 7) is 0. The molecule has 1 saturated carbocycles. The summed E-state index contributed by atoms with van der Waals surface area (Å²) in [5, 5.41) is 0. The van der Waals surface area contributed by atoms with Crippen LogP contribution in [-0.2, 0) is 9.53 Å². The molecule has 162 valence electrons. The number of thiazole rings is 1. The standard InChI is InChI=1S/C26H24N2O3S/c1-31-22(29)16-21-25(30)28-24(18-11-6-3-7-12-18)20-14-8-13-19(23(20)27-26(28)32-21)15-17-9-4-2-5-10-17/h2-7,9-12,15-16,20,23-24H,8,13-14H2,1H3/b19-15+,21-16-. The van der Waals surface area contributed by atoms with Crippen LogP contribution in [0, 0.1) is 5.92 Å². The zero-order valence-corrected chi connectivity index (χ0v) is 18.6. The van der Waals surface area contributed by atoms with E-state index in [0.717, 1.165) is 24.8 Å². The number of carbonyl (C=O) groups excluding carboxylic acids is 1. The van der Waals surface area contributed by atoms with Gasteiger partial charge >= 0.3 is 5.97 Å². The van der Waals surface area contributed by atoms with Gasteiger partial charge in [0.1, 0.15) is 4.53 Å². The average Bonchev–Trinajstić information content (AvgIpc) is 3.13. The molecule has 5 nitrogen and oxygen atoms in total. The molecule has 1 aliphatic carbocycles. The first-order valence-corrected chi connectivity index (χ1v) is 11.7. The first-order valence-electron chi connectivity index (χ1n) is 10.8. The maximum absolute atomic E-state index is 13.4. The van der Waals surface area contributed by atoms with Gasteiger partial charge in [-0.25, -0.2) is 4.79 Å². The summed E-state index contributed by atoms with van der Waals surface area (Å²) in [5.74, 6) is -0.341. The van der Waals surface area contributed by atoms with Crippen LogP contribution in [0.5, 0.6) is 0 Å². The van der Waals surface area contributed by atoms with E-state index in [0.29, 0.717) is 9.33 Å². The SMILES string of the molecule is COC(=O)/C=c1\sc2n(c1=O)C(c1ccccc1)C1CCC/C(=C\c3ccccc3)C1N=2. The van der Waals surface area contributed by atoms with Crippen LogP contribution in [0.2, 0.25) is 0 Å². The third-order valence-corrected chi connectivity index (χ3v) is 7.30. The molecule has 2 heterocycles. The quantitative estimate of drug-likeness (QED) is 0.582. The average molecular weight is 445 g/mol. The van der Waals surface area contributed by atoms with Crippen molar-refractivity contribution in [3.63, 3.8) is 0 Å². The fraction of sp³-hybridized carbons (Fsp3) is 0.269. The molecule has 1 aromatic heterocycles. The molecular formula is C26H24N2O3S. The third-order valence-electron chi connectivity index (χ3n) is 6.30. The number of aromatic nitrogens is 1. The predicted molar refractivity (Wildman–Crippen MR) is 126 cm³/mol. The summed E-state index contributed by atoms with van der Waals surface area (Å²) in [7, 11) is 1.32. The van der Waals surface area contributed by atoms with Gasteiger partial charge in [-0.3, -0.25) is 14.4 Å². The van der Waals surface area contributed by atoms with Crippen molar-refractivity contribution < 1.29 is 9.53 Å². The highest BCUT2D eigenvalue weighted by molar-refractivity contribution is 7.07. The highest BCUT2D eigenvalue weighted by atomic mass is 32.1. The number of hydrogen-bond acceptors (Lipinski definition) is 5. The van der Waals surface area contributed by atoms with Gasteiger partial charge in [-0.15, -0.1) is 0 Å². The van der Waals surface area contributed by atoms with Crippen molar-refractivity contribution in [1.82, 2.24) is 4.57 Å². The van der Waals surface area contributed by atoms with E-state index in [1.165, 1.54) is 35.7 Å². The van der Waals surface area contributed by atoms with Crippen molar-refractivity contribution in [2.45, 2.75) is 31.3 Å². The van der Waals surface area contributed by atoms with Crippen molar-refractivity contribution in [1.29, 1.82) is 0 Å². The zero-order chi connectivity index (χ0) is 22.1. The monoisotopic (exact) mass is 444 g/mol. The van der Waals surface area contributed by atoms with Crippen molar-refractivity contribution >= 4 is 29.5 Å². The number of esters is 1. The van der Waals surface area contributed by atoms with Crippen molar-refractivity contribution in [2.24, 2.45) is 10.9 Å². The second-order valence-electron chi connectivity index (χ2n) is 8.21. The van der Waals surface area contributed by atoms with E-state index < -0.39 is 5.97 Å². The van der Waals surface area contributed by atoms with Crippen LogP contribution in [0.4, 0.5) is 0 Å². The van der Waals surface area contributed by atoms with Crippen LogP contribution >= 0.6 is 11.3 Å². The molecule has 3 atom stereocenters. The molecule has 2 aliphatic rings. The Morgan fingerprint density at radius 2 is 1.84 bits per heavy atom. The van der Waals surface area contributed by atoms with Gasteiger partial charge in [0.15, 0.2) is 4.80 Å². The number of carbonyl (C=O) groups is 1. The van der Waals surface area contributed by atoms with Gasteiger partial charge in [0.05, 0.1) is 19.2 Å². The second kappa shape index (κ2) is 8.71. The maximum Gasteiger partial charge on any atom is 0.332 e. The minimum Gasteiger partial charge on any atom is -0.466 e. The lowest BCUT2D eigenvalue weighted by atomic mass is 9.74. The first-order chi connectivity index (χ1) is 15.7. The molecule has 1 aliphatic heterocycles. The highest BCUT2D eigenvalue weighted by Gasteiger charge is 2.40. The second-order valence-corrected chi connectivity index (χ2v) is 9.22. The maximum atomic E-state index is 13.4. The Morgan fingerprint density at radius 3 is 2.56 bits per heavy atom. The van der Waals surface area contributed by atoms with Gasteiger partial charge in [0, 0.05) is 12.0 Å². The predicted octanol–water partition coefficient (Wildman–Crippen LogP) is 3.34. The molecular weight excluding hydrogens is 420 g/mol. The number of ether oxygens (including phenoxy) is 1. The van der Waals surface area contributed by atoms with Crippen LogP contribution in [0.3, 0.4) is 0 Å². The summed E-state index contributed by atoms with van der Waals surface area (Å²) in [5.41, 5.74) is 3.40. The van der Waals surface area contributed by atoms with E-state index in [9.17, 15) is 9.59 Å². The van der Waals surface area contributed by atoms with Crippen molar-refractivity contribution in [3.8, 4) is 0 Å². The van der Waals surface area contributed by atoms with Gasteiger partial charge in [0.25, 0.3) is 5.56 Å². The van der Waals surface area contributed by atoms with Gasteiger partial charge in [0.2, 0.25) is 0 Å². The van der Waals surface area contributed by atoms with Crippen LogP contribution in [0.15, 0.2) is 76.0 Å². The molecule has 32 heavy (non-hydrogen) atoms. The summed E-state index contributed by atoms with van der Waals surface area (Å²) in [6.07, 6.45) is 6.59. The molecule has 5 rings (SSSR count). The van der Waals surface area contributed by atoms with Gasteiger partial charge < -0.3 is 4.74 Å². The molecule has 0 spiro atoms. The molecule has 0 N–H and O–H groups in total. The molecule has 3 unspecified atom stereocenters. The zero-order valence-electron chi connectivity index (χ0n) is 17.8. The van der Waals surface area contributed by atoms with E-state index >= 15 is 0 Å². The summed E-state index contributed by atoms with van der Waals surface area (Å²) in [4.78, 5) is 30.9. The van der Waals surface area contributed by atoms with Crippen LogP contribution in [0.25, 0.3) is 12.2 Å². The molecule has 0 bridgehead atoms. The normalized spacial score (nSPS) is 23.8. The van der Waals surface area contributed by atoms with E-state index in [-0.39, 0.29) is 23.6 Å².